The molecule has 1 aliphatic heterocycles. The Kier molecular flexibility index (Phi) is 3.91. The number of carbonyl (C=O) groups excluding carboxylic acids is 1. The SMILES string of the molecule is O=C(c1ccoc1)N1CCCn2cnc(COCC3CC3)c2C1. The fraction of sp³-hybridized carbons (Fsp3) is 0.529. The van der Waals surface area contributed by atoms with E-state index in [1.165, 1.54) is 25.4 Å². The van der Waals surface area contributed by atoms with E-state index in [4.69, 9.17) is 9.15 Å². The monoisotopic (exact) mass is 315 g/mol. The number of nitrogens with zero attached hydrogens (tertiary/aromatic N) is 3. The molecule has 1 fully saturated rings. The highest BCUT2D eigenvalue weighted by molar-refractivity contribution is 5.93. The van der Waals surface area contributed by atoms with Gasteiger partial charge in [0, 0.05) is 19.7 Å². The third-order valence-electron chi connectivity index (χ3n) is 4.55. The number of ether oxygens (including phenoxy) is 1. The fourth-order valence-electron chi connectivity index (χ4n) is 2.99. The minimum absolute atomic E-state index is 0.0123. The van der Waals surface area contributed by atoms with Crippen LogP contribution in [0.1, 0.15) is 41.0 Å². The summed E-state index contributed by atoms with van der Waals surface area (Å²) in [5.74, 6) is 0.758. The van der Waals surface area contributed by atoms with Crippen molar-refractivity contribution in [2.75, 3.05) is 13.2 Å². The van der Waals surface area contributed by atoms with Crippen LogP contribution in [0.15, 0.2) is 29.3 Å². The van der Waals surface area contributed by atoms with Crippen LogP contribution < -0.4 is 0 Å². The van der Waals surface area contributed by atoms with E-state index in [1.54, 1.807) is 6.07 Å². The van der Waals surface area contributed by atoms with Gasteiger partial charge in [-0.2, -0.15) is 0 Å². The van der Waals surface area contributed by atoms with Crippen molar-refractivity contribution in [2.24, 2.45) is 5.92 Å². The van der Waals surface area contributed by atoms with E-state index < -0.39 is 0 Å². The van der Waals surface area contributed by atoms with E-state index in [0.29, 0.717) is 18.7 Å². The maximum atomic E-state index is 12.6. The third kappa shape index (κ3) is 3.17. The Morgan fingerprint density at radius 3 is 3.09 bits per heavy atom. The van der Waals surface area contributed by atoms with Gasteiger partial charge in [0.25, 0.3) is 5.91 Å². The zero-order valence-electron chi connectivity index (χ0n) is 13.1. The standard InChI is InChI=1S/C17H21N3O3/c21-17(14-4-7-22-10-14)19-5-1-6-20-12-18-15(16(20)8-19)11-23-9-13-2-3-13/h4,7,10,12-13H,1-3,5-6,8-9,11H2. The largest absolute Gasteiger partial charge is 0.472 e. The minimum atomic E-state index is 0.0123. The predicted molar refractivity (Wildman–Crippen MR) is 82.7 cm³/mol. The fourth-order valence-corrected chi connectivity index (χ4v) is 2.99. The highest BCUT2D eigenvalue weighted by Gasteiger charge is 2.25. The topological polar surface area (TPSA) is 60.5 Å². The normalized spacial score (nSPS) is 17.8. The van der Waals surface area contributed by atoms with Gasteiger partial charge in [0.2, 0.25) is 0 Å². The van der Waals surface area contributed by atoms with E-state index in [9.17, 15) is 4.79 Å². The van der Waals surface area contributed by atoms with Crippen molar-refractivity contribution in [2.45, 2.75) is 39.0 Å². The van der Waals surface area contributed by atoms with Crippen molar-refractivity contribution < 1.29 is 13.9 Å². The van der Waals surface area contributed by atoms with E-state index in [1.807, 2.05) is 11.2 Å². The Bertz CT molecular complexity index is 673. The van der Waals surface area contributed by atoms with Crippen LogP contribution in [0.3, 0.4) is 0 Å². The Labute approximate surface area is 135 Å². The molecule has 0 aromatic carbocycles. The molecule has 3 heterocycles. The molecule has 1 aliphatic carbocycles. The van der Waals surface area contributed by atoms with Crippen molar-refractivity contribution in [3.05, 3.63) is 41.9 Å². The van der Waals surface area contributed by atoms with Crippen LogP contribution in [0.25, 0.3) is 0 Å². The molecule has 0 saturated heterocycles. The first-order valence-electron chi connectivity index (χ1n) is 8.23. The first-order valence-corrected chi connectivity index (χ1v) is 8.23. The van der Waals surface area contributed by atoms with Gasteiger partial charge in [-0.1, -0.05) is 0 Å². The smallest absolute Gasteiger partial charge is 0.257 e. The second-order valence-corrected chi connectivity index (χ2v) is 6.38. The Hall–Kier alpha value is -2.08. The number of rotatable bonds is 5. The van der Waals surface area contributed by atoms with Crippen molar-refractivity contribution in [1.82, 2.24) is 14.5 Å². The number of fused-ring (bicyclic) bond motifs is 1. The summed E-state index contributed by atoms with van der Waals surface area (Å²) in [6.45, 7) is 3.57. The van der Waals surface area contributed by atoms with Crippen LogP contribution in [0, 0.1) is 5.92 Å². The quantitative estimate of drug-likeness (QED) is 0.850. The van der Waals surface area contributed by atoms with E-state index in [0.717, 1.165) is 43.4 Å². The summed E-state index contributed by atoms with van der Waals surface area (Å²) < 4.78 is 13.0. The summed E-state index contributed by atoms with van der Waals surface area (Å²) >= 11 is 0. The van der Waals surface area contributed by atoms with Crippen molar-refractivity contribution >= 4 is 5.91 Å². The van der Waals surface area contributed by atoms with Gasteiger partial charge in [-0.3, -0.25) is 4.79 Å². The van der Waals surface area contributed by atoms with Crippen molar-refractivity contribution in [1.29, 1.82) is 0 Å². The van der Waals surface area contributed by atoms with Gasteiger partial charge in [-0.15, -0.1) is 0 Å². The van der Waals surface area contributed by atoms with E-state index >= 15 is 0 Å². The maximum Gasteiger partial charge on any atom is 0.257 e. The molecule has 0 unspecified atom stereocenters. The molecular formula is C17H21N3O3. The summed E-state index contributed by atoms with van der Waals surface area (Å²) in [4.78, 5) is 18.9. The van der Waals surface area contributed by atoms with Crippen LogP contribution in [0.2, 0.25) is 0 Å². The number of hydrogen-bond donors (Lipinski definition) is 0. The van der Waals surface area contributed by atoms with Crippen LogP contribution in [0.4, 0.5) is 0 Å². The summed E-state index contributed by atoms with van der Waals surface area (Å²) in [5, 5.41) is 0. The van der Waals surface area contributed by atoms with Crippen molar-refractivity contribution in [3.63, 3.8) is 0 Å². The molecule has 23 heavy (non-hydrogen) atoms. The first kappa shape index (κ1) is 14.5. The van der Waals surface area contributed by atoms with Gasteiger partial charge in [0.05, 0.1) is 42.7 Å². The number of aromatic nitrogens is 2. The Morgan fingerprint density at radius 2 is 2.30 bits per heavy atom. The number of amides is 1. The number of aryl methyl sites for hydroxylation is 1. The number of furan rings is 1. The van der Waals surface area contributed by atoms with Gasteiger partial charge >= 0.3 is 0 Å². The van der Waals surface area contributed by atoms with Gasteiger partial charge < -0.3 is 18.6 Å². The summed E-state index contributed by atoms with van der Waals surface area (Å²) in [7, 11) is 0. The van der Waals surface area contributed by atoms with Gasteiger partial charge in [0.1, 0.15) is 6.26 Å². The number of carbonyl (C=O) groups is 1. The number of hydrogen-bond acceptors (Lipinski definition) is 4. The summed E-state index contributed by atoms with van der Waals surface area (Å²) in [5.41, 5.74) is 2.65. The molecule has 2 aromatic heterocycles. The molecule has 2 aromatic rings. The number of imidazole rings is 1. The predicted octanol–water partition coefficient (Wildman–Crippen LogP) is 2.45. The van der Waals surface area contributed by atoms with Crippen molar-refractivity contribution in [3.8, 4) is 0 Å². The average molecular weight is 315 g/mol. The molecule has 0 atom stereocenters. The molecular weight excluding hydrogens is 294 g/mol. The van der Waals surface area contributed by atoms with Crippen LogP contribution >= 0.6 is 0 Å². The van der Waals surface area contributed by atoms with E-state index in [2.05, 4.69) is 9.55 Å². The molecule has 122 valence electrons. The second kappa shape index (κ2) is 6.20. The highest BCUT2D eigenvalue weighted by atomic mass is 16.5. The van der Waals surface area contributed by atoms with Crippen LogP contribution in [-0.4, -0.2) is 33.5 Å². The van der Waals surface area contributed by atoms with Crippen LogP contribution in [0.5, 0.6) is 0 Å². The van der Waals surface area contributed by atoms with Gasteiger partial charge in [-0.25, -0.2) is 4.98 Å². The molecule has 1 saturated carbocycles. The van der Waals surface area contributed by atoms with Gasteiger partial charge in [0.15, 0.2) is 0 Å². The summed E-state index contributed by atoms with van der Waals surface area (Å²) in [6, 6.07) is 1.71. The molecule has 0 N–H and O–H groups in total. The van der Waals surface area contributed by atoms with Gasteiger partial charge in [-0.05, 0) is 31.2 Å². The second-order valence-electron chi connectivity index (χ2n) is 6.38. The molecule has 2 aliphatic rings. The van der Waals surface area contributed by atoms with E-state index in [-0.39, 0.29) is 5.91 Å². The molecule has 6 nitrogen and oxygen atoms in total. The lowest BCUT2D eigenvalue weighted by Crippen LogP contribution is -2.30. The summed E-state index contributed by atoms with van der Waals surface area (Å²) in [6.07, 6.45) is 8.41. The molecule has 1 amide bonds. The zero-order chi connectivity index (χ0) is 15.6. The molecule has 0 spiro atoms. The maximum absolute atomic E-state index is 12.6. The lowest BCUT2D eigenvalue weighted by Gasteiger charge is -2.19. The molecule has 0 bridgehead atoms. The van der Waals surface area contributed by atoms with Crippen LogP contribution in [-0.2, 0) is 24.4 Å². The lowest BCUT2D eigenvalue weighted by atomic mass is 10.2. The minimum Gasteiger partial charge on any atom is -0.472 e. The third-order valence-corrected chi connectivity index (χ3v) is 4.55. The Morgan fingerprint density at radius 1 is 1.39 bits per heavy atom. The lowest BCUT2D eigenvalue weighted by molar-refractivity contribution is 0.0740. The zero-order valence-corrected chi connectivity index (χ0v) is 13.1. The molecule has 0 radical (unpaired) electrons. The average Bonchev–Trinajstić information content (AvgIpc) is 3.14. The highest BCUT2D eigenvalue weighted by Crippen LogP contribution is 2.29. The molecule has 6 heteroatoms. The Balaban J connectivity index is 1.48. The first-order chi connectivity index (χ1) is 11.3. The molecule has 4 rings (SSSR count).